The molecular weight excluding hydrogens is 164 g/mol. The summed E-state index contributed by atoms with van der Waals surface area (Å²) in [5.74, 6) is 0.460. The van der Waals surface area contributed by atoms with Crippen molar-refractivity contribution in [2.75, 3.05) is 6.61 Å². The molecule has 0 amide bonds. The molecule has 0 fully saturated rings. The van der Waals surface area contributed by atoms with Crippen molar-refractivity contribution in [3.8, 4) is 0 Å². The molecule has 0 spiro atoms. The number of esters is 1. The van der Waals surface area contributed by atoms with Crippen molar-refractivity contribution in [3.05, 3.63) is 12.2 Å². The van der Waals surface area contributed by atoms with Crippen LogP contribution in [0, 0.1) is 5.92 Å². The van der Waals surface area contributed by atoms with Gasteiger partial charge in [-0.25, -0.2) is 4.79 Å². The molecular formula is C11H20O2. The van der Waals surface area contributed by atoms with Crippen LogP contribution in [0.25, 0.3) is 0 Å². The van der Waals surface area contributed by atoms with Gasteiger partial charge in [0.25, 0.3) is 0 Å². The largest absolute Gasteiger partial charge is 0.462 e. The van der Waals surface area contributed by atoms with Gasteiger partial charge in [0, 0.05) is 5.57 Å². The molecule has 76 valence electrons. The Balaban J connectivity index is 3.26. The Labute approximate surface area is 81.0 Å². The van der Waals surface area contributed by atoms with Gasteiger partial charge in [0.05, 0.1) is 6.61 Å². The van der Waals surface area contributed by atoms with E-state index in [4.69, 9.17) is 4.74 Å². The SMILES string of the molecule is C=C(C)C(=O)OCCCCC(C)C. The summed E-state index contributed by atoms with van der Waals surface area (Å²) in [6, 6.07) is 0. The fraction of sp³-hybridized carbons (Fsp3) is 0.727. The number of carbonyl (C=O) groups is 1. The van der Waals surface area contributed by atoms with Crippen molar-refractivity contribution in [1.82, 2.24) is 0 Å². The van der Waals surface area contributed by atoms with Gasteiger partial charge < -0.3 is 4.74 Å². The lowest BCUT2D eigenvalue weighted by Crippen LogP contribution is -2.06. The zero-order valence-electron chi connectivity index (χ0n) is 8.93. The minimum absolute atomic E-state index is 0.274. The third-order valence-electron chi connectivity index (χ3n) is 1.76. The van der Waals surface area contributed by atoms with Crippen LogP contribution in [0.15, 0.2) is 12.2 Å². The Hall–Kier alpha value is -0.790. The highest BCUT2D eigenvalue weighted by Gasteiger charge is 2.01. The average molecular weight is 184 g/mol. The molecule has 0 saturated carbocycles. The van der Waals surface area contributed by atoms with E-state index in [0.717, 1.165) is 18.8 Å². The maximum Gasteiger partial charge on any atom is 0.333 e. The van der Waals surface area contributed by atoms with Crippen molar-refractivity contribution in [1.29, 1.82) is 0 Å². The zero-order chi connectivity index (χ0) is 10.3. The summed E-state index contributed by atoms with van der Waals surface area (Å²) in [5, 5.41) is 0. The van der Waals surface area contributed by atoms with Gasteiger partial charge in [0.1, 0.15) is 0 Å². The van der Waals surface area contributed by atoms with Crippen LogP contribution in [0.2, 0.25) is 0 Å². The topological polar surface area (TPSA) is 26.3 Å². The zero-order valence-corrected chi connectivity index (χ0v) is 8.93. The van der Waals surface area contributed by atoms with E-state index in [0.29, 0.717) is 12.2 Å². The van der Waals surface area contributed by atoms with Gasteiger partial charge in [-0.2, -0.15) is 0 Å². The third-order valence-corrected chi connectivity index (χ3v) is 1.76. The van der Waals surface area contributed by atoms with E-state index in [1.165, 1.54) is 6.42 Å². The Kier molecular flexibility index (Phi) is 6.29. The third kappa shape index (κ3) is 7.57. The van der Waals surface area contributed by atoms with Crippen molar-refractivity contribution >= 4 is 5.97 Å². The molecule has 0 radical (unpaired) electrons. The second kappa shape index (κ2) is 6.70. The van der Waals surface area contributed by atoms with Crippen LogP contribution in [-0.4, -0.2) is 12.6 Å². The van der Waals surface area contributed by atoms with E-state index >= 15 is 0 Å². The molecule has 0 aliphatic heterocycles. The highest BCUT2D eigenvalue weighted by molar-refractivity contribution is 5.86. The normalized spacial score (nSPS) is 10.2. The standard InChI is InChI=1S/C11H20O2/c1-9(2)7-5-6-8-13-11(12)10(3)4/h9H,3,5-8H2,1-2,4H3. The van der Waals surface area contributed by atoms with Gasteiger partial charge in [0.15, 0.2) is 0 Å². The van der Waals surface area contributed by atoms with Crippen LogP contribution in [0.1, 0.15) is 40.0 Å². The van der Waals surface area contributed by atoms with Gasteiger partial charge in [-0.3, -0.25) is 0 Å². The minimum atomic E-state index is -0.274. The maximum absolute atomic E-state index is 10.9. The van der Waals surface area contributed by atoms with E-state index < -0.39 is 0 Å². The number of carbonyl (C=O) groups excluding carboxylic acids is 1. The summed E-state index contributed by atoms with van der Waals surface area (Å²) in [4.78, 5) is 10.9. The number of rotatable bonds is 6. The highest BCUT2D eigenvalue weighted by atomic mass is 16.5. The Morgan fingerprint density at radius 1 is 1.38 bits per heavy atom. The molecule has 0 aromatic rings. The van der Waals surface area contributed by atoms with E-state index in [2.05, 4.69) is 20.4 Å². The summed E-state index contributed by atoms with van der Waals surface area (Å²) >= 11 is 0. The van der Waals surface area contributed by atoms with Gasteiger partial charge >= 0.3 is 5.97 Å². The summed E-state index contributed by atoms with van der Waals surface area (Å²) in [6.07, 6.45) is 3.28. The van der Waals surface area contributed by atoms with Gasteiger partial charge in [-0.05, 0) is 25.7 Å². The Morgan fingerprint density at radius 2 is 2.00 bits per heavy atom. The van der Waals surface area contributed by atoms with Crippen LogP contribution in [0.5, 0.6) is 0 Å². The Morgan fingerprint density at radius 3 is 2.46 bits per heavy atom. The molecule has 0 heterocycles. The molecule has 0 rings (SSSR count). The summed E-state index contributed by atoms with van der Waals surface area (Å²) < 4.78 is 4.95. The first-order chi connectivity index (χ1) is 6.04. The molecule has 0 aromatic heterocycles. The van der Waals surface area contributed by atoms with Gasteiger partial charge in [-0.1, -0.05) is 26.8 Å². The van der Waals surface area contributed by atoms with E-state index in [1.54, 1.807) is 6.92 Å². The van der Waals surface area contributed by atoms with Crippen molar-refractivity contribution < 1.29 is 9.53 Å². The first-order valence-corrected chi connectivity index (χ1v) is 4.86. The van der Waals surface area contributed by atoms with E-state index in [1.807, 2.05) is 0 Å². The predicted octanol–water partition coefficient (Wildman–Crippen LogP) is 2.93. The molecule has 2 heteroatoms. The molecule has 0 bridgehead atoms. The van der Waals surface area contributed by atoms with Crippen LogP contribution in [0.3, 0.4) is 0 Å². The van der Waals surface area contributed by atoms with Gasteiger partial charge in [0.2, 0.25) is 0 Å². The number of ether oxygens (including phenoxy) is 1. The van der Waals surface area contributed by atoms with Crippen LogP contribution in [0.4, 0.5) is 0 Å². The predicted molar refractivity (Wildman–Crippen MR) is 54.5 cm³/mol. The quantitative estimate of drug-likeness (QED) is 0.360. The first-order valence-electron chi connectivity index (χ1n) is 4.86. The minimum Gasteiger partial charge on any atom is -0.462 e. The average Bonchev–Trinajstić information content (AvgIpc) is 2.02. The Bertz CT molecular complexity index is 171. The number of hydrogen-bond donors (Lipinski definition) is 0. The summed E-state index contributed by atoms with van der Waals surface area (Å²) in [7, 11) is 0. The van der Waals surface area contributed by atoms with Crippen molar-refractivity contribution in [2.24, 2.45) is 5.92 Å². The number of unbranched alkanes of at least 4 members (excludes halogenated alkanes) is 1. The second-order valence-corrected chi connectivity index (χ2v) is 3.81. The van der Waals surface area contributed by atoms with Crippen LogP contribution >= 0.6 is 0 Å². The monoisotopic (exact) mass is 184 g/mol. The fourth-order valence-electron chi connectivity index (χ4n) is 0.943. The summed E-state index contributed by atoms with van der Waals surface area (Å²) in [6.45, 7) is 10.1. The lowest BCUT2D eigenvalue weighted by atomic mass is 10.1. The molecule has 0 saturated heterocycles. The number of hydrogen-bond acceptors (Lipinski definition) is 2. The molecule has 0 aliphatic rings. The van der Waals surface area contributed by atoms with Crippen molar-refractivity contribution in [2.45, 2.75) is 40.0 Å². The van der Waals surface area contributed by atoms with Crippen molar-refractivity contribution in [3.63, 3.8) is 0 Å². The summed E-state index contributed by atoms with van der Waals surface area (Å²) in [5.41, 5.74) is 0.476. The molecule has 0 aromatic carbocycles. The lowest BCUT2D eigenvalue weighted by molar-refractivity contribution is -0.139. The highest BCUT2D eigenvalue weighted by Crippen LogP contribution is 2.06. The van der Waals surface area contributed by atoms with E-state index in [9.17, 15) is 4.79 Å². The molecule has 2 nitrogen and oxygen atoms in total. The molecule has 0 atom stereocenters. The van der Waals surface area contributed by atoms with E-state index in [-0.39, 0.29) is 5.97 Å². The maximum atomic E-state index is 10.9. The van der Waals surface area contributed by atoms with Crippen LogP contribution in [-0.2, 0) is 9.53 Å². The van der Waals surface area contributed by atoms with Gasteiger partial charge in [-0.15, -0.1) is 0 Å². The molecule has 0 N–H and O–H groups in total. The fourth-order valence-corrected chi connectivity index (χ4v) is 0.943. The molecule has 13 heavy (non-hydrogen) atoms. The first kappa shape index (κ1) is 12.2. The lowest BCUT2D eigenvalue weighted by Gasteiger charge is -2.05. The second-order valence-electron chi connectivity index (χ2n) is 3.81. The molecule has 0 unspecified atom stereocenters. The molecule has 0 aliphatic carbocycles. The van der Waals surface area contributed by atoms with Crippen LogP contribution < -0.4 is 0 Å². The smallest absolute Gasteiger partial charge is 0.333 e.